The smallest absolute Gasteiger partial charge is 0.129 e. The fourth-order valence-electron chi connectivity index (χ4n) is 1.85. The van der Waals surface area contributed by atoms with Gasteiger partial charge in [0.15, 0.2) is 0 Å². The van der Waals surface area contributed by atoms with E-state index in [2.05, 4.69) is 15.9 Å². The van der Waals surface area contributed by atoms with Gasteiger partial charge in [-0.3, -0.25) is 0 Å². The first-order valence-corrected chi connectivity index (χ1v) is 7.78. The van der Waals surface area contributed by atoms with E-state index in [0.717, 1.165) is 4.47 Å². The van der Waals surface area contributed by atoms with Gasteiger partial charge in [-0.15, -0.1) is 0 Å². The van der Waals surface area contributed by atoms with Gasteiger partial charge >= 0.3 is 0 Å². The second-order valence-electron chi connectivity index (χ2n) is 4.60. The molecule has 2 N–H and O–H groups in total. The molecule has 116 valence electrons. The van der Waals surface area contributed by atoms with Gasteiger partial charge in [0.2, 0.25) is 0 Å². The summed E-state index contributed by atoms with van der Waals surface area (Å²) < 4.78 is 20.1. The average molecular weight is 391 g/mol. The van der Waals surface area contributed by atoms with Crippen molar-refractivity contribution in [2.24, 2.45) is 5.73 Å². The van der Waals surface area contributed by atoms with Crippen LogP contribution in [0, 0.1) is 17.1 Å². The molecule has 0 amide bonds. The molecule has 0 unspecified atom stereocenters. The molecule has 2 rings (SSSR count). The van der Waals surface area contributed by atoms with Gasteiger partial charge in [0, 0.05) is 15.6 Å². The van der Waals surface area contributed by atoms with E-state index >= 15 is 0 Å². The highest BCUT2D eigenvalue weighted by Crippen LogP contribution is 2.26. The molecule has 0 atom stereocenters. The highest BCUT2D eigenvalue weighted by atomic mass is 79.9. The third kappa shape index (κ3) is 4.62. The highest BCUT2D eigenvalue weighted by Gasteiger charge is 2.08. The normalized spacial score (nSPS) is 10.9. The summed E-state index contributed by atoms with van der Waals surface area (Å²) >= 11 is 8.20. The second-order valence-corrected chi connectivity index (χ2v) is 5.95. The topological polar surface area (TPSA) is 59.0 Å². The molecule has 2 aromatic rings. The number of ether oxygens (including phenoxy) is 1. The summed E-state index contributed by atoms with van der Waals surface area (Å²) in [6.45, 7) is 0.0735. The minimum absolute atomic E-state index is 0.00697. The lowest BCUT2D eigenvalue weighted by atomic mass is 10.1. The zero-order valence-corrected chi connectivity index (χ0v) is 14.3. The molecule has 0 fully saturated rings. The largest absolute Gasteiger partial charge is 0.488 e. The van der Waals surface area contributed by atoms with Crippen LogP contribution in [0.1, 0.15) is 11.1 Å². The number of rotatable bonds is 5. The summed E-state index contributed by atoms with van der Waals surface area (Å²) in [6, 6.07) is 13.6. The summed E-state index contributed by atoms with van der Waals surface area (Å²) in [5, 5.41) is 9.07. The monoisotopic (exact) mass is 390 g/mol. The molecule has 0 aliphatic carbocycles. The molecule has 0 aliphatic rings. The van der Waals surface area contributed by atoms with E-state index in [9.17, 15) is 4.39 Å². The number of nitriles is 1. The van der Waals surface area contributed by atoms with Gasteiger partial charge in [0.1, 0.15) is 29.2 Å². The lowest BCUT2D eigenvalue weighted by molar-refractivity contribution is 0.299. The van der Waals surface area contributed by atoms with Crippen LogP contribution in [0.5, 0.6) is 5.75 Å². The van der Waals surface area contributed by atoms with Gasteiger partial charge in [-0.25, -0.2) is 4.39 Å². The molecule has 0 bridgehead atoms. The Kier molecular flexibility index (Phi) is 5.85. The number of thiocarbonyl (C=S) groups is 1. The Morgan fingerprint density at radius 2 is 2.09 bits per heavy atom. The lowest BCUT2D eigenvalue weighted by Crippen LogP contribution is -2.09. The first-order valence-electron chi connectivity index (χ1n) is 6.58. The van der Waals surface area contributed by atoms with E-state index in [1.54, 1.807) is 42.5 Å². The Bertz CT molecular complexity index is 814. The van der Waals surface area contributed by atoms with Crippen molar-refractivity contribution in [1.29, 1.82) is 5.26 Å². The molecule has 2 aromatic carbocycles. The van der Waals surface area contributed by atoms with Crippen LogP contribution in [-0.4, -0.2) is 4.99 Å². The first-order chi connectivity index (χ1) is 11.0. The van der Waals surface area contributed by atoms with Crippen molar-refractivity contribution in [3.8, 4) is 11.8 Å². The van der Waals surface area contributed by atoms with E-state index in [4.69, 9.17) is 28.0 Å². The Labute approximate surface area is 147 Å². The summed E-state index contributed by atoms with van der Waals surface area (Å²) in [5.74, 6) is 0.169. The van der Waals surface area contributed by atoms with Crippen LogP contribution in [0.2, 0.25) is 0 Å². The van der Waals surface area contributed by atoms with Gasteiger partial charge in [0.25, 0.3) is 0 Å². The Balaban J connectivity index is 2.31. The molecule has 0 saturated heterocycles. The Morgan fingerprint density at radius 1 is 1.35 bits per heavy atom. The van der Waals surface area contributed by atoms with Crippen LogP contribution in [0.15, 0.2) is 52.5 Å². The fraction of sp³-hybridized carbons (Fsp3) is 0.0588. The predicted octanol–water partition coefficient (Wildman–Crippen LogP) is 4.36. The van der Waals surface area contributed by atoms with Gasteiger partial charge in [-0.05, 0) is 30.3 Å². The van der Waals surface area contributed by atoms with Gasteiger partial charge in [-0.1, -0.05) is 46.3 Å². The van der Waals surface area contributed by atoms with Crippen LogP contribution in [0.25, 0.3) is 6.08 Å². The molecule has 0 radical (unpaired) electrons. The molecule has 0 saturated carbocycles. The van der Waals surface area contributed by atoms with Crippen molar-refractivity contribution in [3.05, 3.63) is 69.5 Å². The van der Waals surface area contributed by atoms with E-state index < -0.39 is 0 Å². The molecule has 0 heterocycles. The van der Waals surface area contributed by atoms with E-state index in [0.29, 0.717) is 16.9 Å². The molecule has 6 heteroatoms. The first kappa shape index (κ1) is 17.1. The molecule has 0 aromatic heterocycles. The van der Waals surface area contributed by atoms with Gasteiger partial charge < -0.3 is 10.5 Å². The number of nitrogens with two attached hydrogens (primary N) is 1. The Hall–Kier alpha value is -2.23. The molecule has 23 heavy (non-hydrogen) atoms. The van der Waals surface area contributed by atoms with E-state index in [-0.39, 0.29) is 23.0 Å². The highest BCUT2D eigenvalue weighted by molar-refractivity contribution is 9.10. The summed E-state index contributed by atoms with van der Waals surface area (Å²) in [5.41, 5.74) is 6.75. The third-order valence-corrected chi connectivity index (χ3v) is 3.71. The molecular weight excluding hydrogens is 379 g/mol. The number of halogens is 2. The van der Waals surface area contributed by atoms with Crippen molar-refractivity contribution in [3.63, 3.8) is 0 Å². The maximum absolute atomic E-state index is 13.7. The number of benzene rings is 2. The number of nitrogens with zero attached hydrogens (tertiary/aromatic N) is 1. The quantitative estimate of drug-likeness (QED) is 0.468. The lowest BCUT2D eigenvalue weighted by Gasteiger charge is -2.11. The van der Waals surface area contributed by atoms with Crippen molar-refractivity contribution in [2.75, 3.05) is 0 Å². The minimum atomic E-state index is -0.331. The van der Waals surface area contributed by atoms with Crippen LogP contribution in [0.4, 0.5) is 4.39 Å². The SMILES string of the molecule is N#C/C(=C/c1cc(Br)ccc1OCc1ccccc1F)C(N)=S. The maximum Gasteiger partial charge on any atom is 0.129 e. The van der Waals surface area contributed by atoms with Crippen LogP contribution < -0.4 is 10.5 Å². The molecular formula is C17H12BrFN2OS. The van der Waals surface area contributed by atoms with E-state index in [1.807, 2.05) is 6.07 Å². The summed E-state index contributed by atoms with van der Waals surface area (Å²) in [4.78, 5) is 0.00697. The second kappa shape index (κ2) is 7.86. The van der Waals surface area contributed by atoms with Crippen molar-refractivity contribution in [2.45, 2.75) is 6.61 Å². The standard InChI is InChI=1S/C17H12BrFN2OS/c18-14-5-6-16(12(8-14)7-13(9-20)17(21)23)22-10-11-3-1-2-4-15(11)19/h1-8H,10H2,(H2,21,23)/b13-7-. The fourth-order valence-corrected chi connectivity index (χ4v) is 2.33. The van der Waals surface area contributed by atoms with E-state index in [1.165, 1.54) is 6.07 Å². The third-order valence-electron chi connectivity index (χ3n) is 3.00. The molecule has 3 nitrogen and oxygen atoms in total. The van der Waals surface area contributed by atoms with Gasteiger partial charge in [-0.2, -0.15) is 5.26 Å². The molecule has 0 spiro atoms. The predicted molar refractivity (Wildman–Crippen MR) is 95.2 cm³/mol. The summed E-state index contributed by atoms with van der Waals surface area (Å²) in [7, 11) is 0. The number of hydrogen-bond acceptors (Lipinski definition) is 3. The van der Waals surface area contributed by atoms with Crippen LogP contribution in [-0.2, 0) is 6.61 Å². The zero-order valence-electron chi connectivity index (χ0n) is 11.9. The van der Waals surface area contributed by atoms with Crippen LogP contribution in [0.3, 0.4) is 0 Å². The minimum Gasteiger partial charge on any atom is -0.488 e. The van der Waals surface area contributed by atoms with Crippen molar-refractivity contribution in [1.82, 2.24) is 0 Å². The maximum atomic E-state index is 13.7. The van der Waals surface area contributed by atoms with Gasteiger partial charge in [0.05, 0.1) is 5.57 Å². The average Bonchev–Trinajstić information content (AvgIpc) is 2.52. The Morgan fingerprint density at radius 3 is 2.74 bits per heavy atom. The van der Waals surface area contributed by atoms with Crippen molar-refractivity contribution < 1.29 is 9.13 Å². The number of hydrogen-bond donors (Lipinski definition) is 1. The molecule has 0 aliphatic heterocycles. The van der Waals surface area contributed by atoms with Crippen LogP contribution >= 0.6 is 28.1 Å². The zero-order chi connectivity index (χ0) is 16.8. The summed E-state index contributed by atoms with van der Waals surface area (Å²) in [6.07, 6.45) is 1.55. The van der Waals surface area contributed by atoms with Crippen molar-refractivity contribution >= 4 is 39.2 Å².